The highest BCUT2D eigenvalue weighted by atomic mass is 16.7. The lowest BCUT2D eigenvalue weighted by Crippen LogP contribution is -2.18. The molecule has 3 rings (SSSR count). The first-order valence-corrected chi connectivity index (χ1v) is 7.15. The molecule has 1 saturated heterocycles. The average Bonchev–Trinajstić information content (AvgIpc) is 2.90. The largest absolute Gasteiger partial charge is 0.347 e. The summed E-state index contributed by atoms with van der Waals surface area (Å²) in [4.78, 5) is 4.66. The number of ether oxygens (including phenoxy) is 2. The summed E-state index contributed by atoms with van der Waals surface area (Å²) in [6, 6.07) is 5.83. The molecule has 0 saturated carbocycles. The molecule has 0 atom stereocenters. The summed E-state index contributed by atoms with van der Waals surface area (Å²) in [6.07, 6.45) is 3.19. The van der Waals surface area contributed by atoms with Crippen LogP contribution in [0.15, 0.2) is 30.9 Å². The molecule has 2 aromatic rings. The molecular weight excluding hydrogens is 266 g/mol. The molecule has 21 heavy (non-hydrogen) atoms. The monoisotopic (exact) mass is 285 g/mol. The van der Waals surface area contributed by atoms with E-state index >= 15 is 0 Å². The first-order valence-electron chi connectivity index (χ1n) is 7.15. The zero-order chi connectivity index (χ0) is 14.7. The highest BCUT2D eigenvalue weighted by Crippen LogP contribution is 2.26. The van der Waals surface area contributed by atoms with E-state index in [0.29, 0.717) is 13.2 Å². The number of H-pyrrole nitrogens is 1. The quantitative estimate of drug-likeness (QED) is 0.877. The van der Waals surface area contributed by atoms with E-state index in [1.165, 1.54) is 0 Å². The molecule has 1 fully saturated rings. The predicted molar refractivity (Wildman–Crippen MR) is 79.7 cm³/mol. The second-order valence-corrected chi connectivity index (χ2v) is 5.04. The Morgan fingerprint density at radius 1 is 1.38 bits per heavy atom. The molecule has 0 spiro atoms. The Balaban J connectivity index is 1.94. The van der Waals surface area contributed by atoms with Crippen molar-refractivity contribution in [1.82, 2.24) is 15.2 Å². The summed E-state index contributed by atoms with van der Waals surface area (Å²) in [6.45, 7) is 7.22. The normalized spacial score (nSPS) is 16.0. The van der Waals surface area contributed by atoms with E-state index in [1.807, 2.05) is 31.2 Å². The molecule has 0 aliphatic carbocycles. The number of rotatable bonds is 4. The number of pyridine rings is 1. The number of aromatic amines is 1. The van der Waals surface area contributed by atoms with Crippen LogP contribution in [0.1, 0.15) is 29.7 Å². The number of aryl methyl sites for hydroxylation is 1. The lowest BCUT2D eigenvalue weighted by Gasteiger charge is -2.22. The van der Waals surface area contributed by atoms with Gasteiger partial charge in [-0.3, -0.25) is 5.10 Å². The third-order valence-electron chi connectivity index (χ3n) is 3.50. The number of aromatic nitrogens is 3. The van der Waals surface area contributed by atoms with E-state index in [4.69, 9.17) is 9.47 Å². The second-order valence-electron chi connectivity index (χ2n) is 5.04. The fraction of sp³-hybridized carbons (Fsp3) is 0.375. The summed E-state index contributed by atoms with van der Waals surface area (Å²) >= 11 is 0. The van der Waals surface area contributed by atoms with Crippen LogP contribution in [0, 0.1) is 6.92 Å². The molecular formula is C16H19N3O2. The van der Waals surface area contributed by atoms with Gasteiger partial charge in [0.1, 0.15) is 5.69 Å². The van der Waals surface area contributed by atoms with Crippen LogP contribution in [-0.4, -0.2) is 28.4 Å². The summed E-state index contributed by atoms with van der Waals surface area (Å²) in [5.41, 5.74) is 4.65. The van der Waals surface area contributed by atoms with Crippen molar-refractivity contribution in [3.63, 3.8) is 0 Å². The van der Waals surface area contributed by atoms with Gasteiger partial charge in [-0.25, -0.2) is 4.98 Å². The molecule has 0 bridgehead atoms. The van der Waals surface area contributed by atoms with Crippen LogP contribution in [0.4, 0.5) is 0 Å². The smallest absolute Gasteiger partial charge is 0.201 e. The van der Waals surface area contributed by atoms with Crippen LogP contribution in [0.5, 0.6) is 0 Å². The minimum atomic E-state index is -0.374. The van der Waals surface area contributed by atoms with Gasteiger partial charge in [0, 0.05) is 11.3 Å². The van der Waals surface area contributed by atoms with Gasteiger partial charge in [0.2, 0.25) is 6.29 Å². The Bertz CT molecular complexity index is 630. The Labute approximate surface area is 124 Å². The highest BCUT2D eigenvalue weighted by Gasteiger charge is 2.19. The fourth-order valence-electron chi connectivity index (χ4n) is 2.43. The van der Waals surface area contributed by atoms with Crippen molar-refractivity contribution in [2.24, 2.45) is 0 Å². The zero-order valence-corrected chi connectivity index (χ0v) is 12.1. The molecule has 5 nitrogen and oxygen atoms in total. The second kappa shape index (κ2) is 6.20. The number of allylic oxidation sites excluding steroid dienone is 1. The van der Waals surface area contributed by atoms with Gasteiger partial charge >= 0.3 is 0 Å². The molecule has 5 heteroatoms. The van der Waals surface area contributed by atoms with Crippen LogP contribution in [0.3, 0.4) is 0 Å². The SMILES string of the molecule is C=CCc1c(-c2cccc(C3OCCCO3)n2)n[nH]c1C. The lowest BCUT2D eigenvalue weighted by molar-refractivity contribution is -0.185. The fourth-order valence-corrected chi connectivity index (χ4v) is 2.43. The van der Waals surface area contributed by atoms with Crippen molar-refractivity contribution >= 4 is 0 Å². The van der Waals surface area contributed by atoms with Gasteiger partial charge in [-0.15, -0.1) is 6.58 Å². The van der Waals surface area contributed by atoms with Crippen LogP contribution in [0.2, 0.25) is 0 Å². The van der Waals surface area contributed by atoms with Crippen molar-refractivity contribution in [2.45, 2.75) is 26.1 Å². The molecule has 1 aliphatic rings. The number of nitrogens with one attached hydrogen (secondary N) is 1. The van der Waals surface area contributed by atoms with Crippen LogP contribution >= 0.6 is 0 Å². The van der Waals surface area contributed by atoms with Crippen molar-refractivity contribution in [3.8, 4) is 11.4 Å². The van der Waals surface area contributed by atoms with Crippen molar-refractivity contribution < 1.29 is 9.47 Å². The molecule has 2 aromatic heterocycles. The summed E-state index contributed by atoms with van der Waals surface area (Å²) in [7, 11) is 0. The van der Waals surface area contributed by atoms with Gasteiger partial charge in [-0.2, -0.15) is 5.10 Å². The van der Waals surface area contributed by atoms with Crippen molar-refractivity contribution in [2.75, 3.05) is 13.2 Å². The van der Waals surface area contributed by atoms with E-state index in [2.05, 4.69) is 21.8 Å². The first-order chi connectivity index (χ1) is 10.3. The molecule has 1 N–H and O–H groups in total. The van der Waals surface area contributed by atoms with E-state index < -0.39 is 0 Å². The lowest BCUT2D eigenvalue weighted by atomic mass is 10.1. The minimum absolute atomic E-state index is 0.374. The maximum absolute atomic E-state index is 5.61. The summed E-state index contributed by atoms with van der Waals surface area (Å²) < 4.78 is 11.2. The molecule has 0 radical (unpaired) electrons. The maximum atomic E-state index is 5.61. The van der Waals surface area contributed by atoms with E-state index in [9.17, 15) is 0 Å². The van der Waals surface area contributed by atoms with Crippen LogP contribution in [-0.2, 0) is 15.9 Å². The van der Waals surface area contributed by atoms with Crippen molar-refractivity contribution in [3.05, 3.63) is 47.8 Å². The van der Waals surface area contributed by atoms with Gasteiger partial charge in [-0.05, 0) is 31.9 Å². The van der Waals surface area contributed by atoms with Gasteiger partial charge in [-0.1, -0.05) is 12.1 Å². The zero-order valence-electron chi connectivity index (χ0n) is 12.1. The first kappa shape index (κ1) is 14.0. The Morgan fingerprint density at radius 3 is 2.95 bits per heavy atom. The molecule has 0 amide bonds. The average molecular weight is 285 g/mol. The van der Waals surface area contributed by atoms with Crippen molar-refractivity contribution in [1.29, 1.82) is 0 Å². The molecule has 0 unspecified atom stereocenters. The van der Waals surface area contributed by atoms with Gasteiger partial charge in [0.15, 0.2) is 0 Å². The Hall–Kier alpha value is -1.98. The van der Waals surface area contributed by atoms with Gasteiger partial charge in [0.05, 0.1) is 24.6 Å². The van der Waals surface area contributed by atoms with E-state index in [1.54, 1.807) is 0 Å². The topological polar surface area (TPSA) is 60.0 Å². The third-order valence-corrected chi connectivity index (χ3v) is 3.50. The molecule has 0 aromatic carbocycles. The maximum Gasteiger partial charge on any atom is 0.201 e. The Morgan fingerprint density at radius 2 is 2.19 bits per heavy atom. The predicted octanol–water partition coefficient (Wildman–Crippen LogP) is 2.94. The number of hydrogen-bond donors (Lipinski definition) is 1. The third kappa shape index (κ3) is 2.89. The van der Waals surface area contributed by atoms with Gasteiger partial charge < -0.3 is 9.47 Å². The Kier molecular flexibility index (Phi) is 4.13. The molecule has 1 aliphatic heterocycles. The standard InChI is InChI=1S/C16H19N3O2/c1-3-6-12-11(2)18-19-15(12)13-7-4-8-14(17-13)16-20-9-5-10-21-16/h3-4,7-8,16H,1,5-6,9-10H2,2H3,(H,18,19). The van der Waals surface area contributed by atoms with Crippen LogP contribution in [0.25, 0.3) is 11.4 Å². The number of nitrogens with zero attached hydrogens (tertiary/aromatic N) is 2. The highest BCUT2D eigenvalue weighted by molar-refractivity contribution is 5.60. The summed E-state index contributed by atoms with van der Waals surface area (Å²) in [5.74, 6) is 0. The molecule has 110 valence electrons. The van der Waals surface area contributed by atoms with E-state index in [-0.39, 0.29) is 6.29 Å². The number of hydrogen-bond acceptors (Lipinski definition) is 4. The molecule has 3 heterocycles. The van der Waals surface area contributed by atoms with E-state index in [0.717, 1.165) is 41.2 Å². The summed E-state index contributed by atoms with van der Waals surface area (Å²) in [5, 5.41) is 7.39. The van der Waals surface area contributed by atoms with Gasteiger partial charge in [0.25, 0.3) is 0 Å². The minimum Gasteiger partial charge on any atom is -0.347 e. The van der Waals surface area contributed by atoms with Crippen LogP contribution < -0.4 is 0 Å².